The van der Waals surface area contributed by atoms with Crippen molar-refractivity contribution in [1.29, 1.82) is 0 Å². The summed E-state index contributed by atoms with van der Waals surface area (Å²) in [6.45, 7) is 0.0101. The van der Waals surface area contributed by atoms with E-state index in [9.17, 15) is 15.0 Å². The molecule has 0 aliphatic rings. The van der Waals surface area contributed by atoms with Crippen molar-refractivity contribution in [2.75, 3.05) is 0 Å². The second kappa shape index (κ2) is 9.81. The maximum Gasteiger partial charge on any atom is 3.00 e. The van der Waals surface area contributed by atoms with Crippen molar-refractivity contribution >= 4 is 23.3 Å². The summed E-state index contributed by atoms with van der Waals surface area (Å²) in [6.07, 6.45) is 0.301. The molecular weight excluding hydrogens is 375 g/mol. The van der Waals surface area contributed by atoms with Crippen LogP contribution in [0.4, 0.5) is 0 Å². The number of rotatable bonds is 6. The summed E-state index contributed by atoms with van der Waals surface area (Å²) in [6, 6.07) is 18.4. The molecule has 0 saturated heterocycles. The molecule has 0 radical (unpaired) electrons. The number of phenolic OH excluding ortho intramolecular Hbond substituents is 2. The average Bonchev–Trinajstić information content (AvgIpc) is 2.69. The number of hydrogen-bond acceptors (Lipinski definition) is 6. The third-order valence-corrected chi connectivity index (χ3v) is 4.14. The smallest absolute Gasteiger partial charge is 0.508 e. The Morgan fingerprint density at radius 2 is 1.36 bits per heavy atom. The molecule has 0 fully saturated rings. The van der Waals surface area contributed by atoms with E-state index < -0.39 is 5.97 Å². The van der Waals surface area contributed by atoms with Crippen LogP contribution in [-0.2, 0) is 17.9 Å². The second-order valence-electron chi connectivity index (χ2n) is 5.90. The third kappa shape index (κ3) is 4.84. The second-order valence-corrected chi connectivity index (χ2v) is 5.90. The van der Waals surface area contributed by atoms with Crippen LogP contribution >= 0.6 is 0 Å². The van der Waals surface area contributed by atoms with E-state index in [-0.39, 0.29) is 46.8 Å². The van der Waals surface area contributed by atoms with E-state index in [1.165, 1.54) is 12.1 Å². The number of hydrogen-bond donors (Lipinski definition) is 3. The first-order valence-corrected chi connectivity index (χ1v) is 8.24. The quantitative estimate of drug-likeness (QED) is 0.337. The van der Waals surface area contributed by atoms with Gasteiger partial charge >= 0.3 is 23.3 Å². The predicted octanol–water partition coefficient (Wildman–Crippen LogP) is 3.52. The van der Waals surface area contributed by atoms with Crippen molar-refractivity contribution in [1.82, 2.24) is 0 Å². The fraction of sp³-hybridized carbons (Fsp3) is 0.0952. The molecule has 0 aliphatic heterocycles. The fourth-order valence-corrected chi connectivity index (χ4v) is 2.75. The van der Waals surface area contributed by atoms with Crippen molar-refractivity contribution in [2.24, 2.45) is 0 Å². The molecule has 7 heteroatoms. The van der Waals surface area contributed by atoms with Gasteiger partial charge in [-0.25, -0.2) is 4.79 Å². The first-order chi connectivity index (χ1) is 13.1. The normalized spacial score (nSPS) is 10.0. The average molecular weight is 393 g/mol. The van der Waals surface area contributed by atoms with Crippen molar-refractivity contribution < 1.29 is 29.9 Å². The summed E-state index contributed by atoms with van der Waals surface area (Å²) in [4.78, 5) is 15.8. The first kappa shape index (κ1) is 21.3. The van der Waals surface area contributed by atoms with Gasteiger partial charge in [0.15, 0.2) is 0 Å². The van der Waals surface area contributed by atoms with E-state index in [1.807, 2.05) is 0 Å². The zero-order valence-corrected chi connectivity index (χ0v) is 16.1. The summed E-state index contributed by atoms with van der Waals surface area (Å²) in [5.74, 6) is -0.550. The van der Waals surface area contributed by atoms with Gasteiger partial charge in [-0.2, -0.15) is 5.26 Å². The molecule has 0 unspecified atom stereocenters. The Hall–Kier alpha value is -2.98. The molecule has 0 aliphatic carbocycles. The molecule has 0 heterocycles. The predicted molar refractivity (Wildman–Crippen MR) is 104 cm³/mol. The standard InChI is InChI=1S/C21H18O6.Al/c22-18-10-3-1-6-14(18)12-15-8-5-9-17(21(24)27-25)20(15)26-13-16-7-2-4-11-19(16)23;/h1-11,22-23,25H,12-13H2;/q;+3. The number of carbonyl (C=O) groups is 1. The monoisotopic (exact) mass is 393 g/mol. The van der Waals surface area contributed by atoms with Gasteiger partial charge in [0.1, 0.15) is 29.4 Å². The van der Waals surface area contributed by atoms with E-state index in [0.717, 1.165) is 0 Å². The van der Waals surface area contributed by atoms with Crippen LogP contribution in [0.15, 0.2) is 66.7 Å². The van der Waals surface area contributed by atoms with E-state index in [4.69, 9.17) is 9.99 Å². The van der Waals surface area contributed by atoms with Crippen molar-refractivity contribution in [3.05, 3.63) is 89.0 Å². The Labute approximate surface area is 172 Å². The third-order valence-electron chi connectivity index (χ3n) is 4.14. The SMILES string of the molecule is O=C(OO)c1cccc(Cc2ccccc2O)c1OCc1ccccc1O.[Al+3]. The Balaban J connectivity index is 0.00000280. The molecule has 3 rings (SSSR count). The summed E-state index contributed by atoms with van der Waals surface area (Å²) in [5.41, 5.74) is 1.85. The van der Waals surface area contributed by atoms with E-state index in [0.29, 0.717) is 23.1 Å². The molecule has 28 heavy (non-hydrogen) atoms. The topological polar surface area (TPSA) is 96.2 Å². The van der Waals surface area contributed by atoms with Gasteiger partial charge in [0.05, 0.1) is 0 Å². The van der Waals surface area contributed by atoms with Crippen LogP contribution in [0.3, 0.4) is 0 Å². The van der Waals surface area contributed by atoms with Gasteiger partial charge in [0, 0.05) is 12.0 Å². The molecule has 3 aromatic rings. The van der Waals surface area contributed by atoms with Crippen LogP contribution in [0.5, 0.6) is 17.2 Å². The number of carbonyl (C=O) groups excluding carboxylic acids is 1. The molecule has 138 valence electrons. The molecule has 3 aromatic carbocycles. The number of phenols is 2. The minimum absolute atomic E-state index is 0. The largest absolute Gasteiger partial charge is 3.00 e. The molecule has 0 saturated carbocycles. The van der Waals surface area contributed by atoms with Crippen LogP contribution in [-0.4, -0.2) is 38.8 Å². The minimum Gasteiger partial charge on any atom is -0.508 e. The van der Waals surface area contributed by atoms with Gasteiger partial charge in [-0.15, -0.1) is 0 Å². The van der Waals surface area contributed by atoms with Gasteiger partial charge in [-0.05, 0) is 29.3 Å². The Morgan fingerprint density at radius 1 is 0.786 bits per heavy atom. The summed E-state index contributed by atoms with van der Waals surface area (Å²) >= 11 is 0. The number of ether oxygens (including phenoxy) is 1. The Morgan fingerprint density at radius 3 is 1.96 bits per heavy atom. The van der Waals surface area contributed by atoms with Gasteiger partial charge < -0.3 is 14.9 Å². The maximum atomic E-state index is 11.9. The molecular formula is C21H18AlO6+3. The number of benzene rings is 3. The zero-order valence-electron chi connectivity index (χ0n) is 14.9. The van der Waals surface area contributed by atoms with Gasteiger partial charge in [0.2, 0.25) is 0 Å². The van der Waals surface area contributed by atoms with E-state index in [2.05, 4.69) is 4.89 Å². The number of aromatic hydroxyl groups is 2. The van der Waals surface area contributed by atoms with Crippen molar-refractivity contribution in [3.8, 4) is 17.2 Å². The molecule has 6 nitrogen and oxygen atoms in total. The molecule has 0 bridgehead atoms. The molecule has 0 spiro atoms. The fourth-order valence-electron chi connectivity index (χ4n) is 2.75. The molecule has 0 aromatic heterocycles. The Bertz CT molecular complexity index is 957. The maximum absolute atomic E-state index is 11.9. The van der Waals surface area contributed by atoms with Crippen molar-refractivity contribution in [3.63, 3.8) is 0 Å². The van der Waals surface area contributed by atoms with Crippen LogP contribution in [0.2, 0.25) is 0 Å². The molecule has 3 N–H and O–H groups in total. The molecule has 0 atom stereocenters. The van der Waals surface area contributed by atoms with Crippen molar-refractivity contribution in [2.45, 2.75) is 13.0 Å². The minimum atomic E-state index is -0.957. The van der Waals surface area contributed by atoms with Crippen LogP contribution < -0.4 is 4.74 Å². The Kier molecular flexibility index (Phi) is 7.47. The first-order valence-electron chi connectivity index (χ1n) is 8.24. The number of para-hydroxylation sites is 3. The summed E-state index contributed by atoms with van der Waals surface area (Å²) in [5, 5.41) is 28.7. The van der Waals surface area contributed by atoms with Crippen LogP contribution in [0.25, 0.3) is 0 Å². The van der Waals surface area contributed by atoms with E-state index in [1.54, 1.807) is 54.6 Å². The van der Waals surface area contributed by atoms with Crippen LogP contribution in [0, 0.1) is 0 Å². The van der Waals surface area contributed by atoms with Crippen LogP contribution in [0.1, 0.15) is 27.0 Å². The van der Waals surface area contributed by atoms with Gasteiger partial charge in [0.25, 0.3) is 0 Å². The van der Waals surface area contributed by atoms with Gasteiger partial charge in [-0.3, -0.25) is 4.89 Å². The molecule has 0 amide bonds. The van der Waals surface area contributed by atoms with Gasteiger partial charge in [-0.1, -0.05) is 48.5 Å². The zero-order chi connectivity index (χ0) is 19.2. The van der Waals surface area contributed by atoms with E-state index >= 15 is 0 Å². The summed E-state index contributed by atoms with van der Waals surface area (Å²) < 4.78 is 5.82. The summed E-state index contributed by atoms with van der Waals surface area (Å²) in [7, 11) is 0.